The maximum Gasteiger partial charge on any atom is 0.305 e. The van der Waals surface area contributed by atoms with Crippen LogP contribution < -0.4 is 10.6 Å². The van der Waals surface area contributed by atoms with E-state index in [0.717, 1.165) is 37.8 Å². The molecule has 1 heterocycles. The number of aliphatic carboxylic acids is 1. The molecule has 0 radical (unpaired) electrons. The zero-order chi connectivity index (χ0) is 18.4. The summed E-state index contributed by atoms with van der Waals surface area (Å²) in [6.45, 7) is 2.29. The van der Waals surface area contributed by atoms with Gasteiger partial charge in [-0.3, -0.25) is 9.59 Å². The van der Waals surface area contributed by atoms with E-state index in [2.05, 4.69) is 10.6 Å². The van der Waals surface area contributed by atoms with Crippen LogP contribution in [0.5, 0.6) is 0 Å². The summed E-state index contributed by atoms with van der Waals surface area (Å²) in [6, 6.07) is 7.83. The fourth-order valence-electron chi connectivity index (χ4n) is 3.47. The lowest BCUT2D eigenvalue weighted by Gasteiger charge is -2.35. The molecule has 0 bridgehead atoms. The lowest BCUT2D eigenvalue weighted by Crippen LogP contribution is -2.41. The molecule has 1 aromatic rings. The van der Waals surface area contributed by atoms with Gasteiger partial charge in [0.15, 0.2) is 5.79 Å². The van der Waals surface area contributed by atoms with Crippen molar-refractivity contribution in [2.75, 3.05) is 19.8 Å². The third-order valence-electron chi connectivity index (χ3n) is 5.00. The van der Waals surface area contributed by atoms with Gasteiger partial charge in [-0.25, -0.2) is 0 Å². The van der Waals surface area contributed by atoms with Gasteiger partial charge in [-0.1, -0.05) is 12.1 Å². The average Bonchev–Trinajstić information content (AvgIpc) is 3.09. The molecule has 1 aliphatic heterocycles. The number of carboxylic acids is 1. The highest BCUT2D eigenvalue weighted by atomic mass is 16.7. The van der Waals surface area contributed by atoms with Crippen LogP contribution >= 0.6 is 0 Å². The summed E-state index contributed by atoms with van der Waals surface area (Å²) in [5.41, 5.74) is 1.65. The molecule has 2 fully saturated rings. The van der Waals surface area contributed by atoms with Gasteiger partial charge in [0.05, 0.1) is 19.6 Å². The molecule has 7 heteroatoms. The Bertz CT molecular complexity index is 615. The molecule has 7 nitrogen and oxygen atoms in total. The van der Waals surface area contributed by atoms with Gasteiger partial charge in [0.2, 0.25) is 0 Å². The van der Waals surface area contributed by atoms with Crippen LogP contribution in [-0.2, 0) is 20.8 Å². The van der Waals surface area contributed by atoms with E-state index in [1.54, 1.807) is 12.1 Å². The van der Waals surface area contributed by atoms with Gasteiger partial charge >= 0.3 is 5.97 Å². The first-order valence-corrected chi connectivity index (χ1v) is 9.17. The Morgan fingerprint density at radius 2 is 1.77 bits per heavy atom. The SMILES string of the molecule is O=C(O)CCNC(=O)c1ccc(CNC2CCC3(CC2)OCCO3)cc1. The molecule has 26 heavy (non-hydrogen) atoms. The Kier molecular flexibility index (Phi) is 6.24. The summed E-state index contributed by atoms with van der Waals surface area (Å²) in [5, 5.41) is 14.7. The van der Waals surface area contributed by atoms with Crippen LogP contribution in [0, 0.1) is 0 Å². The van der Waals surface area contributed by atoms with Crippen LogP contribution in [0.3, 0.4) is 0 Å². The molecular formula is C19H26N2O5. The Morgan fingerprint density at radius 1 is 1.12 bits per heavy atom. The van der Waals surface area contributed by atoms with E-state index in [-0.39, 0.29) is 24.7 Å². The number of carbonyl (C=O) groups excluding carboxylic acids is 1. The van der Waals surface area contributed by atoms with Gasteiger partial charge in [-0.15, -0.1) is 0 Å². The van der Waals surface area contributed by atoms with Crippen LogP contribution in [0.4, 0.5) is 0 Å². The molecule has 1 saturated heterocycles. The van der Waals surface area contributed by atoms with E-state index >= 15 is 0 Å². The Morgan fingerprint density at radius 3 is 2.38 bits per heavy atom. The summed E-state index contributed by atoms with van der Waals surface area (Å²) >= 11 is 0. The second kappa shape index (κ2) is 8.62. The number of nitrogens with one attached hydrogen (secondary N) is 2. The molecule has 2 aliphatic rings. The molecule has 3 rings (SSSR count). The minimum atomic E-state index is -0.925. The minimum absolute atomic E-state index is 0.0769. The zero-order valence-corrected chi connectivity index (χ0v) is 14.8. The van der Waals surface area contributed by atoms with Gasteiger partial charge in [0, 0.05) is 37.5 Å². The van der Waals surface area contributed by atoms with Crippen LogP contribution in [0.2, 0.25) is 0 Å². The summed E-state index contributed by atoms with van der Waals surface area (Å²) in [4.78, 5) is 22.4. The number of amides is 1. The van der Waals surface area contributed by atoms with E-state index in [4.69, 9.17) is 14.6 Å². The monoisotopic (exact) mass is 362 g/mol. The van der Waals surface area contributed by atoms with Gasteiger partial charge in [0.1, 0.15) is 0 Å². The molecule has 1 spiro atoms. The van der Waals surface area contributed by atoms with Crippen molar-refractivity contribution >= 4 is 11.9 Å². The lowest BCUT2D eigenvalue weighted by molar-refractivity contribution is -0.179. The van der Waals surface area contributed by atoms with E-state index in [0.29, 0.717) is 24.8 Å². The normalized spacial score (nSPS) is 19.5. The first kappa shape index (κ1) is 18.8. The summed E-state index contributed by atoms with van der Waals surface area (Å²) in [5.74, 6) is -1.50. The van der Waals surface area contributed by atoms with Gasteiger partial charge in [-0.2, -0.15) is 0 Å². The van der Waals surface area contributed by atoms with Crippen molar-refractivity contribution in [3.05, 3.63) is 35.4 Å². The van der Waals surface area contributed by atoms with E-state index in [1.807, 2.05) is 12.1 Å². The molecule has 1 aliphatic carbocycles. The number of ether oxygens (including phenoxy) is 2. The number of carbonyl (C=O) groups is 2. The number of rotatable bonds is 7. The second-order valence-electron chi connectivity index (χ2n) is 6.86. The number of hydrogen-bond donors (Lipinski definition) is 3. The molecule has 1 aromatic carbocycles. The molecule has 3 N–H and O–H groups in total. The summed E-state index contributed by atoms with van der Waals surface area (Å²) in [6.07, 6.45) is 3.85. The van der Waals surface area contributed by atoms with Crippen molar-refractivity contribution in [1.82, 2.24) is 10.6 Å². The van der Waals surface area contributed by atoms with Crippen molar-refractivity contribution in [2.24, 2.45) is 0 Å². The fourth-order valence-corrected chi connectivity index (χ4v) is 3.47. The predicted molar refractivity (Wildman–Crippen MR) is 94.8 cm³/mol. The number of benzene rings is 1. The maximum absolute atomic E-state index is 11.9. The molecular weight excluding hydrogens is 336 g/mol. The van der Waals surface area contributed by atoms with Crippen molar-refractivity contribution in [1.29, 1.82) is 0 Å². The number of carboxylic acid groups (broad SMARTS) is 1. The molecule has 0 atom stereocenters. The highest BCUT2D eigenvalue weighted by Gasteiger charge is 2.40. The maximum atomic E-state index is 11.9. The van der Waals surface area contributed by atoms with Gasteiger partial charge < -0.3 is 25.2 Å². The summed E-state index contributed by atoms with van der Waals surface area (Å²) in [7, 11) is 0. The molecule has 1 saturated carbocycles. The molecule has 142 valence electrons. The standard InChI is InChI=1S/C19H26N2O5/c22-17(23)7-10-20-18(24)15-3-1-14(2-4-15)13-21-16-5-8-19(9-6-16)25-11-12-26-19/h1-4,16,21H,5-13H2,(H,20,24)(H,22,23). The Balaban J connectivity index is 1.40. The molecule has 0 unspecified atom stereocenters. The molecule has 1 amide bonds. The van der Waals surface area contributed by atoms with Crippen molar-refractivity contribution in [3.63, 3.8) is 0 Å². The third kappa shape index (κ3) is 5.03. The second-order valence-corrected chi connectivity index (χ2v) is 6.86. The lowest BCUT2D eigenvalue weighted by atomic mass is 9.90. The predicted octanol–water partition coefficient (Wildman–Crippen LogP) is 1.67. The Hall–Kier alpha value is -1.96. The van der Waals surface area contributed by atoms with Crippen molar-refractivity contribution in [2.45, 2.75) is 50.5 Å². The highest BCUT2D eigenvalue weighted by Crippen LogP contribution is 2.35. The van der Waals surface area contributed by atoms with Crippen LogP contribution in [-0.4, -0.2) is 48.6 Å². The van der Waals surface area contributed by atoms with E-state index in [1.165, 1.54) is 0 Å². The van der Waals surface area contributed by atoms with Crippen LogP contribution in [0.1, 0.15) is 48.0 Å². The quantitative estimate of drug-likeness (QED) is 0.683. The smallest absolute Gasteiger partial charge is 0.305 e. The third-order valence-corrected chi connectivity index (χ3v) is 5.00. The fraction of sp³-hybridized carbons (Fsp3) is 0.579. The van der Waals surface area contributed by atoms with Gasteiger partial charge in [0.25, 0.3) is 5.91 Å². The largest absolute Gasteiger partial charge is 0.481 e. The van der Waals surface area contributed by atoms with Crippen LogP contribution in [0.15, 0.2) is 24.3 Å². The zero-order valence-electron chi connectivity index (χ0n) is 14.8. The van der Waals surface area contributed by atoms with E-state index in [9.17, 15) is 9.59 Å². The highest BCUT2D eigenvalue weighted by molar-refractivity contribution is 5.94. The first-order chi connectivity index (χ1) is 12.6. The summed E-state index contributed by atoms with van der Waals surface area (Å²) < 4.78 is 11.5. The molecule has 0 aromatic heterocycles. The van der Waals surface area contributed by atoms with Crippen LogP contribution in [0.25, 0.3) is 0 Å². The first-order valence-electron chi connectivity index (χ1n) is 9.17. The van der Waals surface area contributed by atoms with Gasteiger partial charge in [-0.05, 0) is 30.5 Å². The van der Waals surface area contributed by atoms with Crippen molar-refractivity contribution < 1.29 is 24.2 Å². The topological polar surface area (TPSA) is 96.9 Å². The average molecular weight is 362 g/mol. The van der Waals surface area contributed by atoms with E-state index < -0.39 is 5.97 Å². The van der Waals surface area contributed by atoms with Crippen molar-refractivity contribution in [3.8, 4) is 0 Å². The Labute approximate surface area is 153 Å². The minimum Gasteiger partial charge on any atom is -0.481 e. The number of hydrogen-bond acceptors (Lipinski definition) is 5.